The van der Waals surface area contributed by atoms with Gasteiger partial charge in [0.2, 0.25) is 0 Å². The van der Waals surface area contributed by atoms with Gasteiger partial charge in [0.1, 0.15) is 6.61 Å². The molecular formula is C23H20N2O5. The summed E-state index contributed by atoms with van der Waals surface area (Å²) < 4.78 is 5.43. The Morgan fingerprint density at radius 1 is 1.00 bits per heavy atom. The van der Waals surface area contributed by atoms with E-state index < -0.39 is 17.1 Å². The second kappa shape index (κ2) is 8.34. The van der Waals surface area contributed by atoms with Crippen LogP contribution in [0.1, 0.15) is 28.7 Å². The summed E-state index contributed by atoms with van der Waals surface area (Å²) in [6, 6.07) is 21.7. The van der Waals surface area contributed by atoms with Crippen LogP contribution in [-0.2, 0) is 4.74 Å². The van der Waals surface area contributed by atoms with Crippen molar-refractivity contribution < 1.29 is 19.6 Å². The van der Waals surface area contributed by atoms with Crippen molar-refractivity contribution in [3.05, 3.63) is 99.6 Å². The molecule has 7 nitrogen and oxygen atoms in total. The standard InChI is InChI=1S/C23H20N2O5/c26-22(15-9-11-16(12-10-15)25(28)29)13-24-23(27)30-14-21-19-7-3-1-5-17(19)18-6-2-4-8-20(18)21/h1-12,21-22,26H,13-14H2,(H,24,27). The molecule has 3 aromatic carbocycles. The van der Waals surface area contributed by atoms with Gasteiger partial charge in [-0.25, -0.2) is 4.79 Å². The Morgan fingerprint density at radius 3 is 2.13 bits per heavy atom. The van der Waals surface area contributed by atoms with Crippen molar-refractivity contribution in [1.82, 2.24) is 5.32 Å². The number of ether oxygens (including phenoxy) is 1. The highest BCUT2D eigenvalue weighted by molar-refractivity contribution is 5.79. The lowest BCUT2D eigenvalue weighted by molar-refractivity contribution is -0.384. The summed E-state index contributed by atoms with van der Waals surface area (Å²) in [5.74, 6) is -0.0391. The van der Waals surface area contributed by atoms with E-state index in [0.717, 1.165) is 22.3 Å². The number of hydrogen-bond acceptors (Lipinski definition) is 5. The van der Waals surface area contributed by atoms with Crippen molar-refractivity contribution in [3.8, 4) is 11.1 Å². The maximum atomic E-state index is 12.2. The highest BCUT2D eigenvalue weighted by atomic mass is 16.6. The van der Waals surface area contributed by atoms with E-state index in [-0.39, 0.29) is 24.8 Å². The Bertz CT molecular complexity index is 1040. The average Bonchev–Trinajstić information content (AvgIpc) is 3.10. The van der Waals surface area contributed by atoms with Gasteiger partial charge in [-0.05, 0) is 39.9 Å². The van der Waals surface area contributed by atoms with Crippen LogP contribution in [0.15, 0.2) is 72.8 Å². The van der Waals surface area contributed by atoms with Gasteiger partial charge in [-0.2, -0.15) is 0 Å². The SMILES string of the molecule is O=C(NCC(O)c1ccc([N+](=O)[O-])cc1)OCC1c2ccccc2-c2ccccc21. The number of nitro benzene ring substituents is 1. The van der Waals surface area contributed by atoms with Crippen LogP contribution in [0.4, 0.5) is 10.5 Å². The van der Waals surface area contributed by atoms with E-state index in [1.165, 1.54) is 24.3 Å². The van der Waals surface area contributed by atoms with Crippen LogP contribution in [-0.4, -0.2) is 29.3 Å². The normalized spacial score (nSPS) is 13.2. The Balaban J connectivity index is 1.35. The fraction of sp³-hybridized carbons (Fsp3) is 0.174. The number of hydrogen-bond donors (Lipinski definition) is 2. The first-order valence-electron chi connectivity index (χ1n) is 9.56. The predicted molar refractivity (Wildman–Crippen MR) is 111 cm³/mol. The topological polar surface area (TPSA) is 102 Å². The number of rotatable bonds is 6. The molecule has 1 atom stereocenters. The summed E-state index contributed by atoms with van der Waals surface area (Å²) in [6.07, 6.45) is -1.62. The summed E-state index contributed by atoms with van der Waals surface area (Å²) in [4.78, 5) is 22.4. The molecule has 2 N–H and O–H groups in total. The zero-order valence-corrected chi connectivity index (χ0v) is 16.0. The summed E-state index contributed by atoms with van der Waals surface area (Å²) in [5, 5.41) is 23.4. The zero-order valence-electron chi connectivity index (χ0n) is 16.0. The number of aliphatic hydroxyl groups excluding tert-OH is 1. The number of carbonyl (C=O) groups excluding carboxylic acids is 1. The molecule has 7 heteroatoms. The quantitative estimate of drug-likeness (QED) is 0.474. The lowest BCUT2D eigenvalue weighted by Crippen LogP contribution is -2.30. The molecule has 30 heavy (non-hydrogen) atoms. The molecule has 0 heterocycles. The molecule has 0 saturated heterocycles. The highest BCUT2D eigenvalue weighted by Crippen LogP contribution is 2.44. The number of nitrogens with one attached hydrogen (secondary N) is 1. The maximum absolute atomic E-state index is 12.2. The number of nitro groups is 1. The summed E-state index contributed by atoms with van der Waals surface area (Å²) in [5.41, 5.74) is 4.95. The number of amides is 1. The van der Waals surface area contributed by atoms with Crippen molar-refractivity contribution in [1.29, 1.82) is 0 Å². The third-order valence-electron chi connectivity index (χ3n) is 5.27. The molecular weight excluding hydrogens is 384 g/mol. The predicted octanol–water partition coefficient (Wildman–Crippen LogP) is 4.17. The van der Waals surface area contributed by atoms with E-state index in [0.29, 0.717) is 5.56 Å². The van der Waals surface area contributed by atoms with Gasteiger partial charge < -0.3 is 15.2 Å². The molecule has 4 rings (SSSR count). The minimum absolute atomic E-state index is 0.0391. The fourth-order valence-corrected chi connectivity index (χ4v) is 3.77. The maximum Gasteiger partial charge on any atom is 0.407 e. The molecule has 1 amide bonds. The summed E-state index contributed by atoms with van der Waals surface area (Å²) >= 11 is 0. The molecule has 0 bridgehead atoms. The van der Waals surface area contributed by atoms with Gasteiger partial charge >= 0.3 is 6.09 Å². The smallest absolute Gasteiger partial charge is 0.407 e. The van der Waals surface area contributed by atoms with Gasteiger partial charge in [-0.1, -0.05) is 48.5 Å². The van der Waals surface area contributed by atoms with Crippen molar-refractivity contribution in [2.24, 2.45) is 0 Å². The number of non-ortho nitro benzene ring substituents is 1. The fourth-order valence-electron chi connectivity index (χ4n) is 3.77. The summed E-state index contributed by atoms with van der Waals surface area (Å²) in [6.45, 7) is 0.127. The van der Waals surface area contributed by atoms with Crippen LogP contribution < -0.4 is 5.32 Å². The van der Waals surface area contributed by atoms with Crippen LogP contribution in [0, 0.1) is 10.1 Å². The monoisotopic (exact) mass is 404 g/mol. The van der Waals surface area contributed by atoms with E-state index in [1.54, 1.807) is 0 Å². The first-order chi connectivity index (χ1) is 14.5. The van der Waals surface area contributed by atoms with E-state index in [1.807, 2.05) is 36.4 Å². The molecule has 1 aliphatic carbocycles. The molecule has 0 aliphatic heterocycles. The first kappa shape index (κ1) is 19.6. The first-order valence-corrected chi connectivity index (χ1v) is 9.56. The van der Waals surface area contributed by atoms with Crippen molar-refractivity contribution in [2.45, 2.75) is 12.0 Å². The van der Waals surface area contributed by atoms with Gasteiger partial charge in [0, 0.05) is 18.1 Å². The third-order valence-corrected chi connectivity index (χ3v) is 5.27. The minimum atomic E-state index is -0.994. The van der Waals surface area contributed by atoms with Gasteiger partial charge in [0.15, 0.2) is 0 Å². The Morgan fingerprint density at radius 2 is 1.57 bits per heavy atom. The van der Waals surface area contributed by atoms with E-state index >= 15 is 0 Å². The second-order valence-corrected chi connectivity index (χ2v) is 7.07. The third kappa shape index (κ3) is 3.88. The molecule has 0 spiro atoms. The molecule has 1 unspecified atom stereocenters. The van der Waals surface area contributed by atoms with Crippen LogP contribution in [0.3, 0.4) is 0 Å². The lowest BCUT2D eigenvalue weighted by atomic mass is 9.98. The molecule has 0 fully saturated rings. The van der Waals surface area contributed by atoms with Crippen LogP contribution in [0.2, 0.25) is 0 Å². The van der Waals surface area contributed by atoms with Gasteiger partial charge in [-0.3, -0.25) is 10.1 Å². The molecule has 0 aromatic heterocycles. The zero-order chi connectivity index (χ0) is 21.1. The van der Waals surface area contributed by atoms with Crippen molar-refractivity contribution in [3.63, 3.8) is 0 Å². The van der Waals surface area contributed by atoms with Gasteiger partial charge in [0.25, 0.3) is 5.69 Å². The largest absolute Gasteiger partial charge is 0.449 e. The van der Waals surface area contributed by atoms with Crippen LogP contribution in [0.5, 0.6) is 0 Å². The highest BCUT2D eigenvalue weighted by Gasteiger charge is 2.29. The number of carbonyl (C=O) groups is 1. The molecule has 1 aliphatic rings. The number of nitrogens with zero attached hydrogens (tertiary/aromatic N) is 1. The van der Waals surface area contributed by atoms with E-state index in [4.69, 9.17) is 4.74 Å². The van der Waals surface area contributed by atoms with Gasteiger partial charge in [-0.15, -0.1) is 0 Å². The second-order valence-electron chi connectivity index (χ2n) is 7.07. The van der Waals surface area contributed by atoms with Crippen molar-refractivity contribution >= 4 is 11.8 Å². The minimum Gasteiger partial charge on any atom is -0.449 e. The van der Waals surface area contributed by atoms with Crippen LogP contribution >= 0.6 is 0 Å². The molecule has 152 valence electrons. The molecule has 0 radical (unpaired) electrons. The molecule has 3 aromatic rings. The van der Waals surface area contributed by atoms with E-state index in [2.05, 4.69) is 17.4 Å². The number of alkyl carbamates (subject to hydrolysis) is 1. The number of benzene rings is 3. The number of aliphatic hydroxyl groups is 1. The summed E-state index contributed by atoms with van der Waals surface area (Å²) in [7, 11) is 0. The number of fused-ring (bicyclic) bond motifs is 3. The van der Waals surface area contributed by atoms with E-state index in [9.17, 15) is 20.0 Å². The average molecular weight is 404 g/mol. The molecule has 0 saturated carbocycles. The Labute approximate surface area is 173 Å². The Kier molecular flexibility index (Phi) is 5.45. The van der Waals surface area contributed by atoms with Crippen LogP contribution in [0.25, 0.3) is 11.1 Å². The Hall–Kier alpha value is -3.71. The van der Waals surface area contributed by atoms with Crippen molar-refractivity contribution in [2.75, 3.05) is 13.2 Å². The van der Waals surface area contributed by atoms with Gasteiger partial charge in [0.05, 0.1) is 17.6 Å². The lowest BCUT2D eigenvalue weighted by Gasteiger charge is -2.16.